The van der Waals surface area contributed by atoms with Crippen LogP contribution in [0.15, 0.2) is 12.3 Å². The molecule has 2 aliphatic heterocycles. The fourth-order valence-electron chi connectivity index (χ4n) is 3.76. The van der Waals surface area contributed by atoms with Crippen LogP contribution in [0.25, 0.3) is 0 Å². The molecule has 2 aliphatic rings. The van der Waals surface area contributed by atoms with Gasteiger partial charge in [0.15, 0.2) is 0 Å². The largest absolute Gasteiger partial charge is 0.366 e. The summed E-state index contributed by atoms with van der Waals surface area (Å²) in [5.74, 6) is 0. The summed E-state index contributed by atoms with van der Waals surface area (Å²) in [5.41, 5.74) is 3.84. The van der Waals surface area contributed by atoms with E-state index in [9.17, 15) is 0 Å². The molecule has 2 saturated heterocycles. The zero-order chi connectivity index (χ0) is 14.8. The van der Waals surface area contributed by atoms with Gasteiger partial charge in [0.1, 0.15) is 0 Å². The normalized spacial score (nSPS) is 26.1. The minimum atomic E-state index is 0.585. The van der Waals surface area contributed by atoms with Crippen LogP contribution in [-0.2, 0) is 6.54 Å². The number of nitrogens with one attached hydrogen (secondary N) is 1. The smallest absolute Gasteiger partial charge is 0.0448 e. The first kappa shape index (κ1) is 14.8. The summed E-state index contributed by atoms with van der Waals surface area (Å²) in [6, 6.07) is 3.61. The van der Waals surface area contributed by atoms with Crippen molar-refractivity contribution in [3.63, 3.8) is 0 Å². The van der Waals surface area contributed by atoms with Gasteiger partial charge in [-0.15, -0.1) is 0 Å². The first-order chi connectivity index (χ1) is 10.2. The highest BCUT2D eigenvalue weighted by Crippen LogP contribution is 2.30. The van der Waals surface area contributed by atoms with Gasteiger partial charge in [0.05, 0.1) is 0 Å². The lowest BCUT2D eigenvalue weighted by molar-refractivity contribution is 0.202. The summed E-state index contributed by atoms with van der Waals surface area (Å²) in [6.45, 7) is 12.2. The molecule has 1 aromatic rings. The summed E-state index contributed by atoms with van der Waals surface area (Å²) in [4.78, 5) is 9.80. The van der Waals surface area contributed by atoms with Crippen LogP contribution >= 0.6 is 0 Å². The molecular formula is C17H28N4. The number of aryl methyl sites for hydroxylation is 1. The number of aromatic nitrogens is 1. The van der Waals surface area contributed by atoms with Gasteiger partial charge in [-0.05, 0) is 45.8 Å². The van der Waals surface area contributed by atoms with Crippen LogP contribution < -0.4 is 10.2 Å². The molecule has 0 aliphatic carbocycles. The van der Waals surface area contributed by atoms with Crippen molar-refractivity contribution in [2.45, 2.75) is 52.2 Å². The first-order valence-electron chi connectivity index (χ1n) is 8.36. The van der Waals surface area contributed by atoms with Crippen LogP contribution in [0.5, 0.6) is 0 Å². The Morgan fingerprint density at radius 3 is 3.05 bits per heavy atom. The van der Waals surface area contributed by atoms with E-state index in [2.05, 4.69) is 53.1 Å². The van der Waals surface area contributed by atoms with E-state index < -0.39 is 0 Å². The monoisotopic (exact) mass is 288 g/mol. The molecule has 3 rings (SSSR count). The van der Waals surface area contributed by atoms with E-state index in [0.29, 0.717) is 6.04 Å². The number of rotatable bonds is 4. The van der Waals surface area contributed by atoms with Gasteiger partial charge in [-0.1, -0.05) is 6.92 Å². The second-order valence-corrected chi connectivity index (χ2v) is 6.53. The second-order valence-electron chi connectivity index (χ2n) is 6.53. The maximum atomic E-state index is 4.50. The molecule has 0 aromatic carbocycles. The quantitative estimate of drug-likeness (QED) is 0.920. The summed E-state index contributed by atoms with van der Waals surface area (Å²) >= 11 is 0. The average molecular weight is 288 g/mol. The fraction of sp³-hybridized carbons (Fsp3) is 0.706. The molecule has 2 atom stereocenters. The minimum absolute atomic E-state index is 0.585. The lowest BCUT2D eigenvalue weighted by Crippen LogP contribution is -2.55. The Morgan fingerprint density at radius 2 is 2.24 bits per heavy atom. The molecule has 0 radical (unpaired) electrons. The van der Waals surface area contributed by atoms with Gasteiger partial charge in [0.25, 0.3) is 0 Å². The molecule has 1 aromatic heterocycles. The first-order valence-corrected chi connectivity index (χ1v) is 8.36. The van der Waals surface area contributed by atoms with Crippen molar-refractivity contribution in [3.8, 4) is 0 Å². The van der Waals surface area contributed by atoms with Gasteiger partial charge in [0.2, 0.25) is 0 Å². The van der Waals surface area contributed by atoms with Crippen molar-refractivity contribution in [3.05, 3.63) is 23.5 Å². The van der Waals surface area contributed by atoms with E-state index >= 15 is 0 Å². The molecule has 4 nitrogen and oxygen atoms in total. The van der Waals surface area contributed by atoms with E-state index in [1.165, 1.54) is 43.7 Å². The third kappa shape index (κ3) is 3.06. The van der Waals surface area contributed by atoms with Crippen molar-refractivity contribution in [1.29, 1.82) is 0 Å². The number of nitrogens with zero attached hydrogens (tertiary/aromatic N) is 3. The summed E-state index contributed by atoms with van der Waals surface area (Å²) in [7, 11) is 0. The number of hydrogen-bond acceptors (Lipinski definition) is 4. The van der Waals surface area contributed by atoms with Crippen LogP contribution in [0.1, 0.15) is 37.9 Å². The Morgan fingerprint density at radius 1 is 1.38 bits per heavy atom. The summed E-state index contributed by atoms with van der Waals surface area (Å²) in [6.07, 6.45) is 4.78. The van der Waals surface area contributed by atoms with E-state index in [1.807, 2.05) is 0 Å². The maximum Gasteiger partial charge on any atom is 0.0448 e. The third-order valence-electron chi connectivity index (χ3n) is 4.91. The number of piperazine rings is 1. The van der Waals surface area contributed by atoms with Crippen LogP contribution in [0, 0.1) is 6.92 Å². The molecule has 2 fully saturated rings. The van der Waals surface area contributed by atoms with Crippen LogP contribution in [0.4, 0.5) is 5.69 Å². The fourth-order valence-corrected chi connectivity index (χ4v) is 3.76. The highest BCUT2D eigenvalue weighted by atomic mass is 15.3. The van der Waals surface area contributed by atoms with Gasteiger partial charge in [-0.3, -0.25) is 9.88 Å². The van der Waals surface area contributed by atoms with Crippen molar-refractivity contribution < 1.29 is 0 Å². The van der Waals surface area contributed by atoms with Crippen LogP contribution in [-0.4, -0.2) is 48.1 Å². The Kier molecular flexibility index (Phi) is 4.45. The highest BCUT2D eigenvalue weighted by molar-refractivity contribution is 5.55. The van der Waals surface area contributed by atoms with E-state index in [0.717, 1.165) is 24.8 Å². The Balaban J connectivity index is 1.85. The van der Waals surface area contributed by atoms with Gasteiger partial charge in [-0.2, -0.15) is 0 Å². The SMILES string of the molecule is CCNCc1cnc(C)cc1N1CC2CCCN2CC1C. The zero-order valence-corrected chi connectivity index (χ0v) is 13.6. The van der Waals surface area contributed by atoms with Crippen molar-refractivity contribution in [1.82, 2.24) is 15.2 Å². The number of anilines is 1. The van der Waals surface area contributed by atoms with Crippen molar-refractivity contribution >= 4 is 5.69 Å². The van der Waals surface area contributed by atoms with Crippen molar-refractivity contribution in [2.75, 3.05) is 31.1 Å². The lowest BCUT2D eigenvalue weighted by atomic mass is 10.0. The predicted molar refractivity (Wildman–Crippen MR) is 87.8 cm³/mol. The Bertz CT molecular complexity index is 488. The molecule has 3 heterocycles. The number of pyridine rings is 1. The van der Waals surface area contributed by atoms with Gasteiger partial charge in [-0.25, -0.2) is 0 Å². The van der Waals surface area contributed by atoms with E-state index in [4.69, 9.17) is 0 Å². The zero-order valence-electron chi connectivity index (χ0n) is 13.6. The standard InChI is InChI=1S/C17H28N4/c1-4-18-9-15-10-19-13(2)8-17(15)21-12-16-6-5-7-20(16)11-14(21)3/h8,10,14,16,18H,4-7,9,11-12H2,1-3H3. The van der Waals surface area contributed by atoms with Crippen LogP contribution in [0.3, 0.4) is 0 Å². The molecule has 116 valence electrons. The maximum absolute atomic E-state index is 4.50. The van der Waals surface area contributed by atoms with Gasteiger partial charge < -0.3 is 10.2 Å². The molecule has 0 bridgehead atoms. The number of hydrogen-bond donors (Lipinski definition) is 1. The molecule has 0 amide bonds. The predicted octanol–water partition coefficient (Wildman–Crippen LogP) is 2.17. The van der Waals surface area contributed by atoms with Gasteiger partial charge in [0, 0.05) is 54.9 Å². The minimum Gasteiger partial charge on any atom is -0.366 e. The molecule has 0 saturated carbocycles. The second kappa shape index (κ2) is 6.32. The molecule has 1 N–H and O–H groups in total. The highest BCUT2D eigenvalue weighted by Gasteiger charge is 2.35. The number of fused-ring (bicyclic) bond motifs is 1. The van der Waals surface area contributed by atoms with Crippen molar-refractivity contribution in [2.24, 2.45) is 0 Å². The van der Waals surface area contributed by atoms with Gasteiger partial charge >= 0.3 is 0 Å². The Labute approximate surface area is 128 Å². The summed E-state index contributed by atoms with van der Waals surface area (Å²) in [5, 5.41) is 3.45. The summed E-state index contributed by atoms with van der Waals surface area (Å²) < 4.78 is 0. The molecular weight excluding hydrogens is 260 g/mol. The Hall–Kier alpha value is -1.13. The topological polar surface area (TPSA) is 31.4 Å². The van der Waals surface area contributed by atoms with Crippen LogP contribution in [0.2, 0.25) is 0 Å². The third-order valence-corrected chi connectivity index (χ3v) is 4.91. The lowest BCUT2D eigenvalue weighted by Gasteiger charge is -2.44. The molecule has 2 unspecified atom stereocenters. The van der Waals surface area contributed by atoms with E-state index in [-0.39, 0.29) is 0 Å². The molecule has 4 heteroatoms. The van der Waals surface area contributed by atoms with E-state index in [1.54, 1.807) is 0 Å². The average Bonchev–Trinajstić information content (AvgIpc) is 2.92. The molecule has 21 heavy (non-hydrogen) atoms. The molecule has 0 spiro atoms.